The maximum absolute atomic E-state index is 12.2. The number of esters is 1. The molecule has 1 amide bonds. The molecule has 2 atom stereocenters. The van der Waals surface area contributed by atoms with E-state index in [1.807, 2.05) is 23.1 Å². The first-order valence-corrected chi connectivity index (χ1v) is 8.27. The van der Waals surface area contributed by atoms with Gasteiger partial charge in [-0.05, 0) is 17.7 Å². The number of hydrogen-bond acceptors (Lipinski definition) is 4. The van der Waals surface area contributed by atoms with E-state index in [2.05, 4.69) is 15.7 Å². The molecule has 0 aliphatic carbocycles. The van der Waals surface area contributed by atoms with Crippen molar-refractivity contribution in [2.75, 3.05) is 26.7 Å². The number of carbonyl (C=O) groups is 2. The summed E-state index contributed by atoms with van der Waals surface area (Å²) in [5, 5.41) is 0.755. The lowest BCUT2D eigenvalue weighted by Crippen LogP contribution is -2.54. The van der Waals surface area contributed by atoms with Crippen molar-refractivity contribution in [1.29, 1.82) is 0 Å². The number of methoxy groups -OCH3 is 1. The number of carbonyl (C=O) groups excluding carboxylic acids is 2. The first-order valence-electron chi connectivity index (χ1n) is 7.90. The molecular formula is C17H21ClN2O3. The molecule has 124 valence electrons. The van der Waals surface area contributed by atoms with E-state index in [0.29, 0.717) is 12.0 Å². The largest absolute Gasteiger partial charge is 0.469 e. The maximum atomic E-state index is 12.2. The number of amides is 1. The average molecular weight is 337 g/mol. The number of rotatable bonds is 5. The van der Waals surface area contributed by atoms with Crippen molar-refractivity contribution in [3.63, 3.8) is 0 Å². The molecule has 2 aliphatic heterocycles. The first kappa shape index (κ1) is 16.3. The van der Waals surface area contributed by atoms with Gasteiger partial charge in [0.05, 0.1) is 13.5 Å². The van der Waals surface area contributed by atoms with Crippen molar-refractivity contribution in [3.05, 3.63) is 34.9 Å². The van der Waals surface area contributed by atoms with Crippen LogP contribution in [0.3, 0.4) is 0 Å². The number of ether oxygens (including phenoxy) is 1. The summed E-state index contributed by atoms with van der Waals surface area (Å²) in [7, 11) is 1.34. The minimum atomic E-state index is -0.330. The average Bonchev–Trinajstić information content (AvgIpc) is 2.87. The van der Waals surface area contributed by atoms with Crippen LogP contribution in [0.5, 0.6) is 0 Å². The zero-order chi connectivity index (χ0) is 16.4. The molecule has 6 heteroatoms. The van der Waals surface area contributed by atoms with Crippen LogP contribution in [-0.4, -0.2) is 54.5 Å². The first-order chi connectivity index (χ1) is 11.1. The Labute approximate surface area is 141 Å². The zero-order valence-electron chi connectivity index (χ0n) is 13.2. The van der Waals surface area contributed by atoms with Gasteiger partial charge in [0, 0.05) is 49.6 Å². The van der Waals surface area contributed by atoms with Crippen molar-refractivity contribution in [2.45, 2.75) is 25.4 Å². The van der Waals surface area contributed by atoms with E-state index in [9.17, 15) is 9.59 Å². The number of halogens is 1. The molecule has 0 radical (unpaired) electrons. The maximum Gasteiger partial charge on any atom is 0.306 e. The Kier molecular flexibility index (Phi) is 4.87. The third-order valence-electron chi connectivity index (χ3n) is 4.74. The Morgan fingerprint density at radius 2 is 2.09 bits per heavy atom. The van der Waals surface area contributed by atoms with Crippen LogP contribution < -0.4 is 0 Å². The molecule has 1 aromatic rings. The fraction of sp³-hybridized carbons (Fsp3) is 0.529. The van der Waals surface area contributed by atoms with Gasteiger partial charge in [0.15, 0.2) is 0 Å². The van der Waals surface area contributed by atoms with Crippen molar-refractivity contribution < 1.29 is 14.3 Å². The summed E-state index contributed by atoms with van der Waals surface area (Å²) in [4.78, 5) is 27.6. The van der Waals surface area contributed by atoms with Gasteiger partial charge in [-0.25, -0.2) is 0 Å². The van der Waals surface area contributed by atoms with Gasteiger partial charge in [0.1, 0.15) is 0 Å². The van der Waals surface area contributed by atoms with Gasteiger partial charge >= 0.3 is 5.97 Å². The normalized spacial score (nSPS) is 23.3. The van der Waals surface area contributed by atoms with Gasteiger partial charge in [-0.15, -0.1) is 0 Å². The highest BCUT2D eigenvalue weighted by atomic mass is 35.5. The number of hydrogen-bond donors (Lipinski definition) is 0. The standard InChI is InChI=1S/C17H21ClN2O3/c1-23-17(22)6-5-16(21)20-10-13-9-19(15(13)11-20)8-12-3-2-4-14(18)7-12/h2-4,7,13,15H,5-6,8-11H2,1H3. The Bertz CT molecular complexity index is 607. The third kappa shape index (κ3) is 3.67. The van der Waals surface area contributed by atoms with Crippen molar-refractivity contribution in [3.8, 4) is 0 Å². The van der Waals surface area contributed by atoms with Crippen LogP contribution in [0.15, 0.2) is 24.3 Å². The fourth-order valence-corrected chi connectivity index (χ4v) is 3.68. The van der Waals surface area contributed by atoms with E-state index in [4.69, 9.17) is 11.6 Å². The molecule has 1 aromatic carbocycles. The zero-order valence-corrected chi connectivity index (χ0v) is 14.0. The summed E-state index contributed by atoms with van der Waals surface area (Å²) in [6.07, 6.45) is 0.397. The molecule has 0 saturated carbocycles. The molecule has 23 heavy (non-hydrogen) atoms. The molecule has 5 nitrogen and oxygen atoms in total. The van der Waals surface area contributed by atoms with E-state index >= 15 is 0 Å². The van der Waals surface area contributed by atoms with E-state index in [1.165, 1.54) is 12.7 Å². The van der Waals surface area contributed by atoms with Crippen LogP contribution in [0, 0.1) is 5.92 Å². The number of fused-ring (bicyclic) bond motifs is 1. The third-order valence-corrected chi connectivity index (χ3v) is 4.98. The van der Waals surface area contributed by atoms with Gasteiger partial charge in [-0.3, -0.25) is 14.5 Å². The highest BCUT2D eigenvalue weighted by Gasteiger charge is 2.46. The van der Waals surface area contributed by atoms with Crippen molar-refractivity contribution in [1.82, 2.24) is 9.80 Å². The van der Waals surface area contributed by atoms with Gasteiger partial charge in [-0.2, -0.15) is 0 Å². The number of likely N-dealkylation sites (tertiary alicyclic amines) is 2. The van der Waals surface area contributed by atoms with E-state index in [1.54, 1.807) is 0 Å². The summed E-state index contributed by atoms with van der Waals surface area (Å²) in [6.45, 7) is 3.44. The lowest BCUT2D eigenvalue weighted by atomic mass is 9.91. The molecule has 0 spiro atoms. The molecule has 2 fully saturated rings. The van der Waals surface area contributed by atoms with Gasteiger partial charge in [-0.1, -0.05) is 23.7 Å². The van der Waals surface area contributed by atoms with Gasteiger partial charge in [0.2, 0.25) is 5.91 Å². The highest BCUT2D eigenvalue weighted by molar-refractivity contribution is 6.30. The Balaban J connectivity index is 1.50. The summed E-state index contributed by atoms with van der Waals surface area (Å²) in [6, 6.07) is 8.33. The molecule has 0 bridgehead atoms. The van der Waals surface area contributed by atoms with E-state index < -0.39 is 0 Å². The Morgan fingerprint density at radius 3 is 2.83 bits per heavy atom. The van der Waals surface area contributed by atoms with E-state index in [-0.39, 0.29) is 24.7 Å². The van der Waals surface area contributed by atoms with E-state index in [0.717, 1.165) is 31.2 Å². The molecule has 2 unspecified atom stereocenters. The van der Waals surface area contributed by atoms with Crippen LogP contribution in [-0.2, 0) is 20.9 Å². The molecule has 2 saturated heterocycles. The topological polar surface area (TPSA) is 49.9 Å². The molecule has 0 aromatic heterocycles. The molecule has 2 heterocycles. The van der Waals surface area contributed by atoms with Crippen LogP contribution in [0.4, 0.5) is 0 Å². The quantitative estimate of drug-likeness (QED) is 0.771. The fourth-order valence-electron chi connectivity index (χ4n) is 3.47. The molecule has 0 N–H and O–H groups in total. The van der Waals surface area contributed by atoms with Gasteiger partial charge < -0.3 is 9.64 Å². The van der Waals surface area contributed by atoms with Crippen LogP contribution in [0.2, 0.25) is 5.02 Å². The second kappa shape index (κ2) is 6.89. The number of nitrogens with zero attached hydrogens (tertiary/aromatic N) is 2. The van der Waals surface area contributed by atoms with Crippen molar-refractivity contribution in [2.24, 2.45) is 5.92 Å². The van der Waals surface area contributed by atoms with Crippen LogP contribution in [0.25, 0.3) is 0 Å². The molecule has 2 aliphatic rings. The lowest BCUT2D eigenvalue weighted by molar-refractivity contribution is -0.143. The minimum absolute atomic E-state index is 0.0486. The number of benzene rings is 1. The second-order valence-corrected chi connectivity index (χ2v) is 6.70. The summed E-state index contributed by atoms with van der Waals surface area (Å²) in [5.41, 5.74) is 1.20. The predicted molar refractivity (Wildman–Crippen MR) is 87.0 cm³/mol. The second-order valence-electron chi connectivity index (χ2n) is 6.26. The van der Waals surface area contributed by atoms with Crippen LogP contribution in [0.1, 0.15) is 18.4 Å². The SMILES string of the molecule is COC(=O)CCC(=O)N1CC2CN(Cc3cccc(Cl)c3)C2C1. The highest BCUT2D eigenvalue weighted by Crippen LogP contribution is 2.34. The predicted octanol–water partition coefficient (Wildman–Crippen LogP) is 1.94. The summed E-state index contributed by atoms with van der Waals surface area (Å²) < 4.78 is 4.58. The minimum Gasteiger partial charge on any atom is -0.469 e. The summed E-state index contributed by atoms with van der Waals surface area (Å²) in [5.74, 6) is 0.270. The smallest absolute Gasteiger partial charge is 0.306 e. The molecular weight excluding hydrogens is 316 g/mol. The molecule has 3 rings (SSSR count). The monoisotopic (exact) mass is 336 g/mol. The summed E-state index contributed by atoms with van der Waals surface area (Å²) >= 11 is 6.03. The Hall–Kier alpha value is -1.59. The van der Waals surface area contributed by atoms with Gasteiger partial charge in [0.25, 0.3) is 0 Å². The van der Waals surface area contributed by atoms with Crippen LogP contribution >= 0.6 is 11.6 Å². The lowest BCUT2D eigenvalue weighted by Gasteiger charge is -2.43. The van der Waals surface area contributed by atoms with Crippen molar-refractivity contribution >= 4 is 23.5 Å². The Morgan fingerprint density at radius 1 is 1.26 bits per heavy atom.